The molecule has 0 saturated heterocycles. The van der Waals surface area contributed by atoms with Gasteiger partial charge < -0.3 is 20.8 Å². The molecule has 0 fully saturated rings. The van der Waals surface area contributed by atoms with Crippen molar-refractivity contribution >= 4 is 40.8 Å². The summed E-state index contributed by atoms with van der Waals surface area (Å²) in [6.07, 6.45) is -0.268. The van der Waals surface area contributed by atoms with Gasteiger partial charge in [-0.1, -0.05) is 23.2 Å². The summed E-state index contributed by atoms with van der Waals surface area (Å²) >= 11 is 11.5. The minimum atomic E-state index is -1.16. The van der Waals surface area contributed by atoms with Crippen LogP contribution in [0.4, 0.5) is 5.69 Å². The Kier molecular flexibility index (Phi) is 6.74. The molecular formula is C12H14Cl2N2O4. The van der Waals surface area contributed by atoms with Crippen LogP contribution < -0.4 is 10.6 Å². The van der Waals surface area contributed by atoms with Crippen molar-refractivity contribution in [1.29, 1.82) is 0 Å². The Bertz CT molecular complexity index is 496. The fourth-order valence-corrected chi connectivity index (χ4v) is 1.75. The summed E-state index contributed by atoms with van der Waals surface area (Å²) in [5, 5.41) is 23.3. The minimum absolute atomic E-state index is 0.0943. The maximum absolute atomic E-state index is 11.7. The molecule has 0 aliphatic heterocycles. The molecule has 0 bridgehead atoms. The summed E-state index contributed by atoms with van der Waals surface area (Å²) < 4.78 is 0. The number of aliphatic carboxylic acids is 1. The average molecular weight is 321 g/mol. The number of carboxylic acid groups (broad SMARTS) is 1. The molecule has 0 saturated carbocycles. The van der Waals surface area contributed by atoms with Crippen molar-refractivity contribution < 1.29 is 19.8 Å². The molecule has 4 N–H and O–H groups in total. The third kappa shape index (κ3) is 5.34. The molecule has 20 heavy (non-hydrogen) atoms. The van der Waals surface area contributed by atoms with E-state index in [1.807, 2.05) is 0 Å². The van der Waals surface area contributed by atoms with Crippen LogP contribution in [0.1, 0.15) is 6.42 Å². The molecular weight excluding hydrogens is 307 g/mol. The summed E-state index contributed by atoms with van der Waals surface area (Å²) in [6.45, 7) is -0.116. The van der Waals surface area contributed by atoms with Gasteiger partial charge >= 0.3 is 5.97 Å². The Morgan fingerprint density at radius 2 is 1.95 bits per heavy atom. The van der Waals surface area contributed by atoms with Crippen molar-refractivity contribution in [2.45, 2.75) is 12.5 Å². The van der Waals surface area contributed by atoms with Crippen LogP contribution in [0, 0.1) is 0 Å². The van der Waals surface area contributed by atoms with Gasteiger partial charge in [-0.05, 0) is 18.2 Å². The molecule has 0 aliphatic carbocycles. The lowest BCUT2D eigenvalue weighted by Gasteiger charge is -2.13. The number of nitrogens with one attached hydrogen (secondary N) is 2. The Morgan fingerprint density at radius 1 is 1.25 bits per heavy atom. The van der Waals surface area contributed by atoms with E-state index in [1.54, 1.807) is 6.07 Å². The number of hydrogen-bond donors (Lipinski definition) is 4. The smallest absolute Gasteiger partial charge is 0.321 e. The number of anilines is 1. The van der Waals surface area contributed by atoms with Gasteiger partial charge in [-0.25, -0.2) is 0 Å². The molecule has 0 heterocycles. The Hall–Kier alpha value is -1.34. The number of carbonyl (C=O) groups is 2. The number of carbonyl (C=O) groups excluding carboxylic acids is 1. The molecule has 0 spiro atoms. The third-order valence-corrected chi connectivity index (χ3v) is 3.13. The molecule has 1 unspecified atom stereocenters. The van der Waals surface area contributed by atoms with E-state index in [0.717, 1.165) is 0 Å². The second kappa shape index (κ2) is 8.06. The van der Waals surface area contributed by atoms with E-state index < -0.39 is 17.9 Å². The van der Waals surface area contributed by atoms with Gasteiger partial charge in [0.05, 0.1) is 23.1 Å². The van der Waals surface area contributed by atoms with Crippen molar-refractivity contribution in [1.82, 2.24) is 5.32 Å². The summed E-state index contributed by atoms with van der Waals surface area (Å²) in [5.41, 5.74) is 0.427. The predicted octanol–water partition coefficient (Wildman–Crippen LogP) is 1.36. The second-order valence-corrected chi connectivity index (χ2v) is 4.76. The fourth-order valence-electron chi connectivity index (χ4n) is 1.46. The van der Waals surface area contributed by atoms with Crippen molar-refractivity contribution in [3.05, 3.63) is 28.2 Å². The van der Waals surface area contributed by atoms with E-state index in [-0.39, 0.29) is 24.6 Å². The van der Waals surface area contributed by atoms with Crippen LogP contribution in [0.2, 0.25) is 10.0 Å². The summed E-state index contributed by atoms with van der Waals surface area (Å²) in [4.78, 5) is 22.7. The number of carboxylic acids is 1. The first-order valence-corrected chi connectivity index (χ1v) is 6.51. The monoisotopic (exact) mass is 320 g/mol. The third-order valence-electron chi connectivity index (χ3n) is 2.39. The number of rotatable bonds is 7. The van der Waals surface area contributed by atoms with Crippen LogP contribution in [0.15, 0.2) is 18.2 Å². The Labute approximate surface area is 125 Å². The highest BCUT2D eigenvalue weighted by Gasteiger charge is 2.20. The van der Waals surface area contributed by atoms with Crippen LogP contribution >= 0.6 is 23.2 Å². The first kappa shape index (κ1) is 16.7. The fraction of sp³-hybridized carbons (Fsp3) is 0.333. The van der Waals surface area contributed by atoms with Gasteiger partial charge in [-0.15, -0.1) is 0 Å². The lowest BCUT2D eigenvalue weighted by Crippen LogP contribution is -2.41. The maximum atomic E-state index is 11.7. The van der Waals surface area contributed by atoms with Crippen molar-refractivity contribution in [3.63, 3.8) is 0 Å². The lowest BCUT2D eigenvalue weighted by atomic mass is 10.2. The topological polar surface area (TPSA) is 98.7 Å². The number of amides is 1. The zero-order valence-electron chi connectivity index (χ0n) is 10.4. The maximum Gasteiger partial charge on any atom is 0.321 e. The Morgan fingerprint density at radius 3 is 2.50 bits per heavy atom. The van der Waals surface area contributed by atoms with Gasteiger partial charge in [0, 0.05) is 12.2 Å². The van der Waals surface area contributed by atoms with Crippen LogP contribution in [0.25, 0.3) is 0 Å². The van der Waals surface area contributed by atoms with Crippen LogP contribution in [-0.4, -0.2) is 41.3 Å². The number of aliphatic hydroxyl groups is 1. The van der Waals surface area contributed by atoms with Crippen molar-refractivity contribution in [2.24, 2.45) is 0 Å². The van der Waals surface area contributed by atoms with Crippen LogP contribution in [-0.2, 0) is 9.59 Å². The van der Waals surface area contributed by atoms with E-state index in [4.69, 9.17) is 33.4 Å². The van der Waals surface area contributed by atoms with Gasteiger partial charge in [-0.2, -0.15) is 0 Å². The van der Waals surface area contributed by atoms with Crippen molar-refractivity contribution in [3.8, 4) is 0 Å². The summed E-state index contributed by atoms with van der Waals surface area (Å²) in [5.74, 6) is -1.65. The van der Waals surface area contributed by atoms with E-state index >= 15 is 0 Å². The van der Waals surface area contributed by atoms with Gasteiger partial charge in [-0.3, -0.25) is 9.59 Å². The second-order valence-electron chi connectivity index (χ2n) is 3.95. The molecule has 0 aromatic heterocycles. The molecule has 8 heteroatoms. The molecule has 1 aromatic carbocycles. The molecule has 0 radical (unpaired) electrons. The van der Waals surface area contributed by atoms with Gasteiger partial charge in [0.25, 0.3) is 0 Å². The SMILES string of the molecule is O=C(CC(NCCO)C(=O)O)Nc1ccc(Cl)c(Cl)c1. The molecule has 1 atom stereocenters. The summed E-state index contributed by atoms with van der Waals surface area (Å²) in [7, 11) is 0. The standard InChI is InChI=1S/C12H14Cl2N2O4/c13-8-2-1-7(5-9(8)14)16-11(18)6-10(12(19)20)15-3-4-17/h1-2,5,10,15,17H,3-4,6H2,(H,16,18)(H,19,20). The van der Waals surface area contributed by atoms with Gasteiger partial charge in [0.15, 0.2) is 0 Å². The minimum Gasteiger partial charge on any atom is -0.480 e. The molecule has 1 aromatic rings. The quantitative estimate of drug-likeness (QED) is 0.608. The number of hydrogen-bond acceptors (Lipinski definition) is 4. The van der Waals surface area contributed by atoms with Crippen LogP contribution in [0.3, 0.4) is 0 Å². The highest BCUT2D eigenvalue weighted by atomic mass is 35.5. The number of benzene rings is 1. The molecule has 0 aliphatic rings. The highest BCUT2D eigenvalue weighted by molar-refractivity contribution is 6.42. The molecule has 110 valence electrons. The van der Waals surface area contributed by atoms with E-state index in [9.17, 15) is 9.59 Å². The van der Waals surface area contributed by atoms with E-state index in [0.29, 0.717) is 10.7 Å². The van der Waals surface area contributed by atoms with E-state index in [1.165, 1.54) is 12.1 Å². The predicted molar refractivity (Wildman–Crippen MR) is 76.2 cm³/mol. The number of halogens is 2. The van der Waals surface area contributed by atoms with E-state index in [2.05, 4.69) is 10.6 Å². The largest absolute Gasteiger partial charge is 0.480 e. The Balaban J connectivity index is 2.60. The normalized spacial score (nSPS) is 11.9. The zero-order chi connectivity index (χ0) is 15.1. The molecule has 6 nitrogen and oxygen atoms in total. The summed E-state index contributed by atoms with van der Waals surface area (Å²) in [6, 6.07) is 3.49. The van der Waals surface area contributed by atoms with Gasteiger partial charge in [0.1, 0.15) is 6.04 Å². The average Bonchev–Trinajstić information content (AvgIpc) is 2.38. The van der Waals surface area contributed by atoms with Crippen LogP contribution in [0.5, 0.6) is 0 Å². The molecule has 1 rings (SSSR count). The lowest BCUT2D eigenvalue weighted by molar-refractivity contribution is -0.141. The zero-order valence-corrected chi connectivity index (χ0v) is 11.9. The molecule has 1 amide bonds. The first-order chi connectivity index (χ1) is 9.43. The highest BCUT2D eigenvalue weighted by Crippen LogP contribution is 2.25. The first-order valence-electron chi connectivity index (χ1n) is 5.76. The van der Waals surface area contributed by atoms with Gasteiger partial charge in [0.2, 0.25) is 5.91 Å². The van der Waals surface area contributed by atoms with Crippen molar-refractivity contribution in [2.75, 3.05) is 18.5 Å². The number of aliphatic hydroxyl groups excluding tert-OH is 1.